The highest BCUT2D eigenvalue weighted by Crippen LogP contribution is 2.27. The molecule has 0 spiro atoms. The molecule has 0 saturated carbocycles. The van der Waals surface area contributed by atoms with Gasteiger partial charge in [0.1, 0.15) is 12.4 Å². The average Bonchev–Trinajstić information content (AvgIpc) is 2.39. The molecule has 0 amide bonds. The monoisotopic (exact) mass is 310 g/mol. The predicted molar refractivity (Wildman–Crippen MR) is 78.6 cm³/mol. The highest BCUT2D eigenvalue weighted by atomic mass is 35.5. The first-order chi connectivity index (χ1) is 9.58. The lowest BCUT2D eigenvalue weighted by atomic mass is 10.1. The van der Waals surface area contributed by atoms with Gasteiger partial charge < -0.3 is 9.84 Å². The van der Waals surface area contributed by atoms with E-state index in [1.54, 1.807) is 42.5 Å². The van der Waals surface area contributed by atoms with Crippen molar-refractivity contribution in [1.82, 2.24) is 0 Å². The maximum Gasteiger partial charge on any atom is 0.307 e. The van der Waals surface area contributed by atoms with Crippen LogP contribution < -0.4 is 4.74 Å². The third-order valence-corrected chi connectivity index (χ3v) is 3.46. The standard InChI is InChI=1S/C15H12Cl2O3/c16-12-5-3-6-13(17)11(12)9-20-14-7-2-1-4-10(14)8-15(18)19/h1-7H,8-9H2,(H,18,19). The SMILES string of the molecule is O=C(O)Cc1ccccc1OCc1c(Cl)cccc1Cl. The fourth-order valence-electron chi connectivity index (χ4n) is 1.77. The fourth-order valence-corrected chi connectivity index (χ4v) is 2.28. The van der Waals surface area contributed by atoms with Gasteiger partial charge in [-0.05, 0) is 18.2 Å². The van der Waals surface area contributed by atoms with E-state index in [0.717, 1.165) is 0 Å². The number of carboxylic acids is 1. The molecule has 1 N–H and O–H groups in total. The van der Waals surface area contributed by atoms with Crippen LogP contribution in [0.25, 0.3) is 0 Å². The molecular formula is C15H12Cl2O3. The number of hydrogen-bond acceptors (Lipinski definition) is 2. The predicted octanol–water partition coefficient (Wildman–Crippen LogP) is 4.20. The number of hydrogen-bond donors (Lipinski definition) is 1. The minimum atomic E-state index is -0.906. The number of rotatable bonds is 5. The van der Waals surface area contributed by atoms with Crippen molar-refractivity contribution >= 4 is 29.2 Å². The van der Waals surface area contributed by atoms with Gasteiger partial charge >= 0.3 is 5.97 Å². The third kappa shape index (κ3) is 3.65. The molecule has 0 aromatic heterocycles. The Hall–Kier alpha value is -1.71. The third-order valence-electron chi connectivity index (χ3n) is 2.75. The maximum atomic E-state index is 10.8. The van der Waals surface area contributed by atoms with Crippen molar-refractivity contribution in [3.63, 3.8) is 0 Å². The van der Waals surface area contributed by atoms with Crippen LogP contribution in [0.1, 0.15) is 11.1 Å². The van der Waals surface area contributed by atoms with E-state index < -0.39 is 5.97 Å². The molecule has 2 rings (SSSR count). The summed E-state index contributed by atoms with van der Waals surface area (Å²) < 4.78 is 5.65. The second-order valence-electron chi connectivity index (χ2n) is 4.17. The Balaban J connectivity index is 2.17. The van der Waals surface area contributed by atoms with Crippen molar-refractivity contribution in [3.8, 4) is 5.75 Å². The van der Waals surface area contributed by atoms with E-state index in [0.29, 0.717) is 26.9 Å². The Bertz CT molecular complexity index is 606. The van der Waals surface area contributed by atoms with Crippen LogP contribution >= 0.6 is 23.2 Å². The second-order valence-corrected chi connectivity index (χ2v) is 4.98. The van der Waals surface area contributed by atoms with Gasteiger partial charge in [-0.1, -0.05) is 47.5 Å². The summed E-state index contributed by atoms with van der Waals surface area (Å²) in [5, 5.41) is 9.91. The van der Waals surface area contributed by atoms with Crippen molar-refractivity contribution in [2.45, 2.75) is 13.0 Å². The van der Waals surface area contributed by atoms with E-state index >= 15 is 0 Å². The Morgan fingerprint density at radius 3 is 2.35 bits per heavy atom. The Labute approximate surface area is 126 Å². The summed E-state index contributed by atoms with van der Waals surface area (Å²) in [6.07, 6.45) is -0.0908. The van der Waals surface area contributed by atoms with Crippen LogP contribution in [0.2, 0.25) is 10.0 Å². The van der Waals surface area contributed by atoms with Crippen LogP contribution in [0.3, 0.4) is 0 Å². The molecule has 2 aromatic rings. The average molecular weight is 311 g/mol. The molecule has 0 aliphatic heterocycles. The molecule has 104 valence electrons. The van der Waals surface area contributed by atoms with Gasteiger partial charge in [0.2, 0.25) is 0 Å². The quantitative estimate of drug-likeness (QED) is 0.900. The Morgan fingerprint density at radius 1 is 1.05 bits per heavy atom. The van der Waals surface area contributed by atoms with Gasteiger partial charge in [0.05, 0.1) is 6.42 Å². The Kier molecular flexibility index (Phi) is 4.88. The first kappa shape index (κ1) is 14.7. The molecule has 0 radical (unpaired) electrons. The fraction of sp³-hybridized carbons (Fsp3) is 0.133. The van der Waals surface area contributed by atoms with Crippen molar-refractivity contribution in [1.29, 1.82) is 0 Å². The van der Waals surface area contributed by atoms with Gasteiger partial charge in [0.25, 0.3) is 0 Å². The summed E-state index contributed by atoms with van der Waals surface area (Å²) in [6.45, 7) is 0.190. The summed E-state index contributed by atoms with van der Waals surface area (Å²) in [4.78, 5) is 10.8. The van der Waals surface area contributed by atoms with Gasteiger partial charge in [-0.25, -0.2) is 0 Å². The van der Waals surface area contributed by atoms with E-state index in [1.807, 2.05) is 0 Å². The summed E-state index contributed by atoms with van der Waals surface area (Å²) >= 11 is 12.1. The number of carboxylic acid groups (broad SMARTS) is 1. The van der Waals surface area contributed by atoms with E-state index in [9.17, 15) is 4.79 Å². The smallest absolute Gasteiger partial charge is 0.307 e. The normalized spacial score (nSPS) is 10.3. The first-order valence-electron chi connectivity index (χ1n) is 5.93. The summed E-state index contributed by atoms with van der Waals surface area (Å²) in [7, 11) is 0. The topological polar surface area (TPSA) is 46.5 Å². The zero-order valence-corrected chi connectivity index (χ0v) is 12.0. The van der Waals surface area contributed by atoms with Gasteiger partial charge in [0.15, 0.2) is 0 Å². The van der Waals surface area contributed by atoms with Crippen molar-refractivity contribution < 1.29 is 14.6 Å². The van der Waals surface area contributed by atoms with Crippen molar-refractivity contribution in [2.75, 3.05) is 0 Å². The van der Waals surface area contributed by atoms with Crippen LogP contribution in [0.15, 0.2) is 42.5 Å². The minimum absolute atomic E-state index is 0.0908. The van der Waals surface area contributed by atoms with Crippen LogP contribution in [-0.2, 0) is 17.8 Å². The maximum absolute atomic E-state index is 10.8. The molecule has 0 saturated heterocycles. The first-order valence-corrected chi connectivity index (χ1v) is 6.69. The lowest BCUT2D eigenvalue weighted by Gasteiger charge is -2.12. The number of halogens is 2. The number of carbonyl (C=O) groups is 1. The molecule has 3 nitrogen and oxygen atoms in total. The van der Waals surface area contributed by atoms with Crippen LogP contribution in [0.4, 0.5) is 0 Å². The number of benzene rings is 2. The highest BCUT2D eigenvalue weighted by molar-refractivity contribution is 6.35. The van der Waals surface area contributed by atoms with Crippen LogP contribution in [0.5, 0.6) is 5.75 Å². The van der Waals surface area contributed by atoms with Crippen molar-refractivity contribution in [2.24, 2.45) is 0 Å². The molecule has 20 heavy (non-hydrogen) atoms. The molecule has 0 aliphatic carbocycles. The van der Waals surface area contributed by atoms with Crippen molar-refractivity contribution in [3.05, 3.63) is 63.6 Å². The largest absolute Gasteiger partial charge is 0.488 e. The molecule has 0 heterocycles. The van der Waals surface area contributed by atoms with Gasteiger partial charge in [-0.2, -0.15) is 0 Å². The van der Waals surface area contributed by atoms with E-state index in [4.69, 9.17) is 33.0 Å². The second kappa shape index (κ2) is 6.64. The highest BCUT2D eigenvalue weighted by Gasteiger charge is 2.10. The molecule has 0 atom stereocenters. The van der Waals surface area contributed by atoms with Gasteiger partial charge in [-0.3, -0.25) is 4.79 Å². The van der Waals surface area contributed by atoms with Gasteiger partial charge in [0, 0.05) is 21.2 Å². The zero-order chi connectivity index (χ0) is 14.5. The summed E-state index contributed by atoms with van der Waals surface area (Å²) in [5.41, 5.74) is 1.30. The molecule has 0 fully saturated rings. The molecule has 5 heteroatoms. The summed E-state index contributed by atoms with van der Waals surface area (Å²) in [6, 6.07) is 12.2. The lowest BCUT2D eigenvalue weighted by Crippen LogP contribution is -2.04. The number of aliphatic carboxylic acids is 1. The summed E-state index contributed by atoms with van der Waals surface area (Å²) in [5.74, 6) is -0.386. The molecule has 0 unspecified atom stereocenters. The zero-order valence-electron chi connectivity index (χ0n) is 10.5. The van der Waals surface area contributed by atoms with E-state index in [2.05, 4.69) is 0 Å². The molecule has 0 bridgehead atoms. The van der Waals surface area contributed by atoms with E-state index in [-0.39, 0.29) is 13.0 Å². The van der Waals surface area contributed by atoms with Crippen LogP contribution in [0, 0.1) is 0 Å². The van der Waals surface area contributed by atoms with Gasteiger partial charge in [-0.15, -0.1) is 0 Å². The minimum Gasteiger partial charge on any atom is -0.488 e. The molecular weight excluding hydrogens is 299 g/mol. The Morgan fingerprint density at radius 2 is 1.70 bits per heavy atom. The lowest BCUT2D eigenvalue weighted by molar-refractivity contribution is -0.136. The molecule has 2 aromatic carbocycles. The van der Waals surface area contributed by atoms with Crippen LogP contribution in [-0.4, -0.2) is 11.1 Å². The van der Waals surface area contributed by atoms with E-state index in [1.165, 1.54) is 0 Å². The number of ether oxygens (including phenoxy) is 1. The molecule has 0 aliphatic rings. The number of para-hydroxylation sites is 1.